The molecule has 6 rings (SSSR count). The van der Waals surface area contributed by atoms with Gasteiger partial charge in [-0.1, -0.05) is 36.4 Å². The first-order chi connectivity index (χ1) is 16.3. The Hall–Kier alpha value is -4.30. The molecule has 8 heteroatoms. The highest BCUT2D eigenvalue weighted by atomic mass is 32.1. The molecule has 0 fully saturated rings. The van der Waals surface area contributed by atoms with Gasteiger partial charge in [-0.3, -0.25) is 5.10 Å². The summed E-state index contributed by atoms with van der Waals surface area (Å²) in [4.78, 5) is 10.4. The molecule has 0 amide bonds. The van der Waals surface area contributed by atoms with Gasteiger partial charge in [-0.2, -0.15) is 10.2 Å². The number of pyridine rings is 1. The lowest BCUT2D eigenvalue weighted by atomic mass is 10.1. The summed E-state index contributed by atoms with van der Waals surface area (Å²) >= 11 is 1.56. The normalized spacial score (nSPS) is 11.2. The average Bonchev–Trinajstić information content (AvgIpc) is 3.58. The number of rotatable bonds is 5. The van der Waals surface area contributed by atoms with Crippen LogP contribution in [-0.4, -0.2) is 29.8 Å². The molecule has 0 aliphatic rings. The Morgan fingerprint density at radius 2 is 1.76 bits per heavy atom. The van der Waals surface area contributed by atoms with Gasteiger partial charge < -0.3 is 4.74 Å². The van der Waals surface area contributed by atoms with Crippen molar-refractivity contribution in [1.29, 1.82) is 0 Å². The Labute approximate surface area is 193 Å². The molecule has 0 saturated carbocycles. The molecule has 0 bridgehead atoms. The summed E-state index contributed by atoms with van der Waals surface area (Å²) in [6, 6.07) is 23.7. The average molecular weight is 451 g/mol. The van der Waals surface area contributed by atoms with Crippen molar-refractivity contribution in [2.75, 3.05) is 0 Å². The van der Waals surface area contributed by atoms with E-state index < -0.39 is 0 Å². The third kappa shape index (κ3) is 3.46. The molecule has 0 unspecified atom stereocenters. The van der Waals surface area contributed by atoms with E-state index in [0.29, 0.717) is 5.82 Å². The van der Waals surface area contributed by atoms with Crippen LogP contribution in [0.4, 0.5) is 0 Å². The molecule has 33 heavy (non-hydrogen) atoms. The zero-order valence-electron chi connectivity index (χ0n) is 17.6. The number of hydrogen-bond donors (Lipinski definition) is 1. The summed E-state index contributed by atoms with van der Waals surface area (Å²) in [6.45, 7) is 2.00. The summed E-state index contributed by atoms with van der Waals surface area (Å²) in [5.41, 5.74) is 4.60. The lowest BCUT2D eigenvalue weighted by Crippen LogP contribution is -1.90. The zero-order chi connectivity index (χ0) is 22.2. The van der Waals surface area contributed by atoms with E-state index in [9.17, 15) is 0 Å². The van der Waals surface area contributed by atoms with E-state index in [0.717, 1.165) is 49.4 Å². The second-order valence-corrected chi connectivity index (χ2v) is 8.43. The maximum atomic E-state index is 6.23. The number of aromatic amines is 1. The standard InChI is InChI=1S/C25H18N6OS/c1-16-21(19-12-7-8-14-31(19)30-16)25-28-22(23(33-25)24-26-15-27-29-24)18-11-5-6-13-20(18)32-17-9-3-2-4-10-17/h2-15H,1H3,(H,26,27,29). The third-order valence-electron chi connectivity index (χ3n) is 5.30. The lowest BCUT2D eigenvalue weighted by Gasteiger charge is -2.10. The number of fused-ring (bicyclic) bond motifs is 1. The van der Waals surface area contributed by atoms with Crippen molar-refractivity contribution in [3.8, 4) is 44.0 Å². The van der Waals surface area contributed by atoms with Gasteiger partial charge in [0.25, 0.3) is 0 Å². The Balaban J connectivity index is 1.55. The highest BCUT2D eigenvalue weighted by Crippen LogP contribution is 2.44. The molecule has 1 N–H and O–H groups in total. The first kappa shape index (κ1) is 19.4. The van der Waals surface area contributed by atoms with Crippen LogP contribution in [0.3, 0.4) is 0 Å². The van der Waals surface area contributed by atoms with Crippen LogP contribution in [0.25, 0.3) is 38.0 Å². The molecule has 0 aliphatic carbocycles. The molecule has 0 saturated heterocycles. The van der Waals surface area contributed by atoms with E-state index in [-0.39, 0.29) is 0 Å². The zero-order valence-corrected chi connectivity index (χ0v) is 18.5. The minimum atomic E-state index is 0.664. The van der Waals surface area contributed by atoms with Crippen molar-refractivity contribution in [1.82, 2.24) is 29.8 Å². The lowest BCUT2D eigenvalue weighted by molar-refractivity contribution is 0.484. The molecule has 0 atom stereocenters. The van der Waals surface area contributed by atoms with Gasteiger partial charge in [0.1, 0.15) is 22.8 Å². The van der Waals surface area contributed by atoms with Gasteiger partial charge >= 0.3 is 0 Å². The monoisotopic (exact) mass is 450 g/mol. The number of aromatic nitrogens is 6. The van der Waals surface area contributed by atoms with Gasteiger partial charge in [0, 0.05) is 11.8 Å². The number of H-pyrrole nitrogens is 1. The number of benzene rings is 2. The van der Waals surface area contributed by atoms with Crippen molar-refractivity contribution < 1.29 is 4.74 Å². The molecule has 4 aromatic heterocycles. The van der Waals surface area contributed by atoms with Crippen LogP contribution < -0.4 is 4.74 Å². The molecule has 0 spiro atoms. The molecule has 0 radical (unpaired) electrons. The van der Waals surface area contributed by atoms with Crippen molar-refractivity contribution in [3.05, 3.63) is 91.0 Å². The molecule has 2 aromatic carbocycles. The van der Waals surface area contributed by atoms with Crippen LogP contribution in [0.15, 0.2) is 85.3 Å². The van der Waals surface area contributed by atoms with Gasteiger partial charge in [0.2, 0.25) is 0 Å². The van der Waals surface area contributed by atoms with E-state index in [1.54, 1.807) is 11.3 Å². The Bertz CT molecular complexity index is 1550. The molecule has 0 aliphatic heterocycles. The van der Waals surface area contributed by atoms with Crippen LogP contribution in [-0.2, 0) is 0 Å². The Kier molecular flexibility index (Phi) is 4.70. The number of nitrogens with zero attached hydrogens (tertiary/aromatic N) is 5. The van der Waals surface area contributed by atoms with E-state index in [1.165, 1.54) is 6.33 Å². The molecule has 7 nitrogen and oxygen atoms in total. The fourth-order valence-electron chi connectivity index (χ4n) is 3.83. The second-order valence-electron chi connectivity index (χ2n) is 7.43. The molecular weight excluding hydrogens is 432 g/mol. The summed E-state index contributed by atoms with van der Waals surface area (Å²) in [6.07, 6.45) is 3.45. The van der Waals surface area contributed by atoms with Crippen LogP contribution in [0.5, 0.6) is 11.5 Å². The number of thiazole rings is 1. The molecule has 6 aromatic rings. The molecular formula is C25H18N6OS. The van der Waals surface area contributed by atoms with Crippen LogP contribution in [0.2, 0.25) is 0 Å². The molecule has 4 heterocycles. The van der Waals surface area contributed by atoms with Crippen molar-refractivity contribution in [2.24, 2.45) is 0 Å². The highest BCUT2D eigenvalue weighted by molar-refractivity contribution is 7.19. The van der Waals surface area contributed by atoms with Gasteiger partial charge in [-0.25, -0.2) is 14.5 Å². The first-order valence-electron chi connectivity index (χ1n) is 10.4. The predicted molar refractivity (Wildman–Crippen MR) is 128 cm³/mol. The van der Waals surface area contributed by atoms with Gasteiger partial charge in [0.15, 0.2) is 5.82 Å². The fraction of sp³-hybridized carbons (Fsp3) is 0.0400. The third-order valence-corrected chi connectivity index (χ3v) is 6.38. The quantitative estimate of drug-likeness (QED) is 0.348. The first-order valence-corrected chi connectivity index (χ1v) is 11.2. The Morgan fingerprint density at radius 3 is 2.61 bits per heavy atom. The van der Waals surface area contributed by atoms with Gasteiger partial charge in [-0.05, 0) is 43.3 Å². The van der Waals surface area contributed by atoms with Gasteiger partial charge in [0.05, 0.1) is 27.3 Å². The predicted octanol–water partition coefficient (Wildman–Crippen LogP) is 6.01. The number of aryl methyl sites for hydroxylation is 1. The smallest absolute Gasteiger partial charge is 0.167 e. The fourth-order valence-corrected chi connectivity index (χ4v) is 4.96. The Morgan fingerprint density at radius 1 is 0.939 bits per heavy atom. The largest absolute Gasteiger partial charge is 0.457 e. The van der Waals surface area contributed by atoms with Crippen LogP contribution >= 0.6 is 11.3 Å². The SMILES string of the molecule is Cc1nn2ccccc2c1-c1nc(-c2ccccc2Oc2ccccc2)c(-c2ncn[nH]2)s1. The highest BCUT2D eigenvalue weighted by Gasteiger charge is 2.23. The summed E-state index contributed by atoms with van der Waals surface area (Å²) < 4.78 is 8.11. The van der Waals surface area contributed by atoms with Crippen LogP contribution in [0, 0.1) is 6.92 Å². The van der Waals surface area contributed by atoms with E-state index >= 15 is 0 Å². The summed E-state index contributed by atoms with van der Waals surface area (Å²) in [5, 5.41) is 12.6. The van der Waals surface area contributed by atoms with Crippen molar-refractivity contribution in [3.63, 3.8) is 0 Å². The van der Waals surface area contributed by atoms with Crippen LogP contribution in [0.1, 0.15) is 5.69 Å². The topological polar surface area (TPSA) is 81.0 Å². The number of ether oxygens (including phenoxy) is 1. The maximum Gasteiger partial charge on any atom is 0.167 e. The number of para-hydroxylation sites is 2. The summed E-state index contributed by atoms with van der Waals surface area (Å²) in [7, 11) is 0. The minimum Gasteiger partial charge on any atom is -0.457 e. The van der Waals surface area contributed by atoms with E-state index in [1.807, 2.05) is 84.4 Å². The minimum absolute atomic E-state index is 0.664. The van der Waals surface area contributed by atoms with Crippen molar-refractivity contribution in [2.45, 2.75) is 6.92 Å². The molecule has 160 valence electrons. The van der Waals surface area contributed by atoms with Gasteiger partial charge in [-0.15, -0.1) is 11.3 Å². The second kappa shape index (κ2) is 7.99. The van der Waals surface area contributed by atoms with Crippen molar-refractivity contribution >= 4 is 16.9 Å². The van der Waals surface area contributed by atoms with E-state index in [4.69, 9.17) is 9.72 Å². The van der Waals surface area contributed by atoms with E-state index in [2.05, 4.69) is 26.3 Å². The summed E-state index contributed by atoms with van der Waals surface area (Å²) in [5.74, 6) is 2.15. The maximum absolute atomic E-state index is 6.23. The number of hydrogen-bond acceptors (Lipinski definition) is 6. The number of nitrogens with one attached hydrogen (secondary N) is 1.